The predicted octanol–water partition coefficient (Wildman–Crippen LogP) is 1.65. The summed E-state index contributed by atoms with van der Waals surface area (Å²) in [6.07, 6.45) is 5.33. The van der Waals surface area contributed by atoms with Crippen LogP contribution < -0.4 is 11.1 Å². The molecule has 0 saturated heterocycles. The summed E-state index contributed by atoms with van der Waals surface area (Å²) in [7, 11) is 0. The van der Waals surface area contributed by atoms with Gasteiger partial charge in [0.25, 0.3) is 0 Å². The van der Waals surface area contributed by atoms with Gasteiger partial charge >= 0.3 is 5.97 Å². The van der Waals surface area contributed by atoms with Crippen LogP contribution in [-0.2, 0) is 9.59 Å². The zero-order chi connectivity index (χ0) is 14.5. The first-order valence-electron chi connectivity index (χ1n) is 7.19. The quantitative estimate of drug-likeness (QED) is 0.684. The van der Waals surface area contributed by atoms with Crippen molar-refractivity contribution in [3.05, 3.63) is 0 Å². The summed E-state index contributed by atoms with van der Waals surface area (Å²) in [5.74, 6) is -0.970. The number of aliphatic carboxylic acids is 1. The van der Waals surface area contributed by atoms with Crippen LogP contribution in [0.1, 0.15) is 58.8 Å². The second-order valence-electron chi connectivity index (χ2n) is 5.81. The van der Waals surface area contributed by atoms with Crippen molar-refractivity contribution >= 4 is 11.9 Å². The number of carbonyl (C=O) groups excluding carboxylic acids is 1. The largest absolute Gasteiger partial charge is 0.481 e. The van der Waals surface area contributed by atoms with Gasteiger partial charge in [-0.15, -0.1) is 0 Å². The van der Waals surface area contributed by atoms with Gasteiger partial charge in [-0.25, -0.2) is 0 Å². The number of amides is 1. The number of hydrogen-bond acceptors (Lipinski definition) is 3. The van der Waals surface area contributed by atoms with E-state index in [2.05, 4.69) is 5.32 Å². The molecule has 0 aliphatic heterocycles. The zero-order valence-electron chi connectivity index (χ0n) is 11.9. The Bertz CT molecular complexity index is 325. The number of hydrogen-bond donors (Lipinski definition) is 3. The lowest BCUT2D eigenvalue weighted by molar-refractivity contribution is -0.139. The molecule has 19 heavy (non-hydrogen) atoms. The lowest BCUT2D eigenvalue weighted by Gasteiger charge is -2.38. The molecule has 4 N–H and O–H groups in total. The van der Waals surface area contributed by atoms with E-state index in [4.69, 9.17) is 10.8 Å². The van der Waals surface area contributed by atoms with Crippen molar-refractivity contribution in [2.75, 3.05) is 0 Å². The Labute approximate surface area is 114 Å². The summed E-state index contributed by atoms with van der Waals surface area (Å²) < 4.78 is 0. The fraction of sp³-hybridized carbons (Fsp3) is 0.857. The van der Waals surface area contributed by atoms with Crippen LogP contribution in [0.2, 0.25) is 0 Å². The highest BCUT2D eigenvalue weighted by Crippen LogP contribution is 2.31. The molecule has 0 aromatic rings. The average molecular weight is 270 g/mol. The number of carboxylic acids is 1. The van der Waals surface area contributed by atoms with E-state index in [1.165, 1.54) is 0 Å². The first-order valence-corrected chi connectivity index (χ1v) is 7.19. The molecule has 1 saturated carbocycles. The van der Waals surface area contributed by atoms with Gasteiger partial charge in [0.2, 0.25) is 5.91 Å². The minimum Gasteiger partial charge on any atom is -0.481 e. The molecule has 0 bridgehead atoms. The summed E-state index contributed by atoms with van der Waals surface area (Å²) in [5, 5.41) is 12.0. The minimum absolute atomic E-state index is 0.00797. The predicted molar refractivity (Wildman–Crippen MR) is 73.6 cm³/mol. The molecular weight excluding hydrogens is 244 g/mol. The highest BCUT2D eigenvalue weighted by Gasteiger charge is 2.37. The normalized spacial score (nSPS) is 21.4. The van der Waals surface area contributed by atoms with Crippen LogP contribution in [0.15, 0.2) is 0 Å². The molecule has 0 aromatic carbocycles. The van der Waals surface area contributed by atoms with Crippen molar-refractivity contribution in [2.24, 2.45) is 11.7 Å². The monoisotopic (exact) mass is 270 g/mol. The summed E-state index contributed by atoms with van der Waals surface area (Å²) in [6, 6.07) is -0.558. The van der Waals surface area contributed by atoms with Crippen LogP contribution in [0.3, 0.4) is 0 Å². The number of carboxylic acid groups (broad SMARTS) is 1. The second-order valence-corrected chi connectivity index (χ2v) is 5.81. The van der Waals surface area contributed by atoms with Gasteiger partial charge in [0.1, 0.15) is 0 Å². The molecule has 1 amide bonds. The Hall–Kier alpha value is -1.10. The van der Waals surface area contributed by atoms with E-state index in [0.29, 0.717) is 0 Å². The minimum atomic E-state index is -0.862. The molecule has 110 valence electrons. The Morgan fingerprint density at radius 1 is 1.32 bits per heavy atom. The Morgan fingerprint density at radius 3 is 2.37 bits per heavy atom. The smallest absolute Gasteiger partial charge is 0.305 e. The summed E-state index contributed by atoms with van der Waals surface area (Å²) >= 11 is 0. The van der Waals surface area contributed by atoms with Crippen LogP contribution in [0, 0.1) is 5.92 Å². The standard InChI is InChI=1S/C14H26N2O3/c1-3-10(2)12(15)13(19)16-14(9-11(17)18)7-5-4-6-8-14/h10,12H,3-9,15H2,1-2H3,(H,16,19)(H,17,18). The maximum atomic E-state index is 12.2. The molecule has 1 aliphatic rings. The Balaban J connectivity index is 2.71. The van der Waals surface area contributed by atoms with E-state index in [1.54, 1.807) is 0 Å². The fourth-order valence-electron chi connectivity index (χ4n) is 2.72. The molecule has 2 unspecified atom stereocenters. The molecule has 2 atom stereocenters. The molecule has 0 heterocycles. The van der Waals surface area contributed by atoms with E-state index < -0.39 is 17.6 Å². The van der Waals surface area contributed by atoms with E-state index >= 15 is 0 Å². The SMILES string of the molecule is CCC(C)C(N)C(=O)NC1(CC(=O)O)CCCCC1. The summed E-state index contributed by atoms with van der Waals surface area (Å²) in [4.78, 5) is 23.2. The highest BCUT2D eigenvalue weighted by molar-refractivity contribution is 5.83. The summed E-state index contributed by atoms with van der Waals surface area (Å²) in [5.41, 5.74) is 5.33. The van der Waals surface area contributed by atoms with Crippen molar-refractivity contribution in [1.82, 2.24) is 5.32 Å². The van der Waals surface area contributed by atoms with Crippen LogP contribution >= 0.6 is 0 Å². The molecule has 5 nitrogen and oxygen atoms in total. The van der Waals surface area contributed by atoms with Crippen LogP contribution in [0.5, 0.6) is 0 Å². The van der Waals surface area contributed by atoms with E-state index in [1.807, 2.05) is 13.8 Å². The molecule has 0 spiro atoms. The molecule has 0 aromatic heterocycles. The van der Waals surface area contributed by atoms with E-state index in [-0.39, 0.29) is 18.2 Å². The number of carbonyl (C=O) groups is 2. The van der Waals surface area contributed by atoms with E-state index in [0.717, 1.165) is 38.5 Å². The molecular formula is C14H26N2O3. The second kappa shape index (κ2) is 6.89. The third kappa shape index (κ3) is 4.49. The van der Waals surface area contributed by atoms with Gasteiger partial charge in [0.15, 0.2) is 0 Å². The topological polar surface area (TPSA) is 92.4 Å². The number of rotatable bonds is 6. The number of nitrogens with two attached hydrogens (primary N) is 1. The van der Waals surface area contributed by atoms with Crippen LogP contribution in [0.4, 0.5) is 0 Å². The maximum Gasteiger partial charge on any atom is 0.305 e. The van der Waals surface area contributed by atoms with Gasteiger partial charge in [-0.1, -0.05) is 39.5 Å². The van der Waals surface area contributed by atoms with Gasteiger partial charge in [-0.05, 0) is 18.8 Å². The maximum absolute atomic E-state index is 12.2. The summed E-state index contributed by atoms with van der Waals surface area (Å²) in [6.45, 7) is 3.93. The average Bonchev–Trinajstić information content (AvgIpc) is 2.36. The van der Waals surface area contributed by atoms with Crippen molar-refractivity contribution in [3.8, 4) is 0 Å². The van der Waals surface area contributed by atoms with Crippen molar-refractivity contribution in [1.29, 1.82) is 0 Å². The van der Waals surface area contributed by atoms with Crippen molar-refractivity contribution in [2.45, 2.75) is 70.4 Å². The van der Waals surface area contributed by atoms with E-state index in [9.17, 15) is 9.59 Å². The first-order chi connectivity index (χ1) is 8.90. The fourth-order valence-corrected chi connectivity index (χ4v) is 2.72. The van der Waals surface area contributed by atoms with Gasteiger partial charge in [0, 0.05) is 0 Å². The Kier molecular flexibility index (Phi) is 5.79. The van der Waals surface area contributed by atoms with Crippen molar-refractivity contribution in [3.63, 3.8) is 0 Å². The molecule has 5 heteroatoms. The third-order valence-corrected chi connectivity index (χ3v) is 4.25. The molecule has 1 fully saturated rings. The molecule has 0 radical (unpaired) electrons. The molecule has 1 rings (SSSR count). The van der Waals surface area contributed by atoms with Gasteiger partial charge in [-0.2, -0.15) is 0 Å². The lowest BCUT2D eigenvalue weighted by Crippen LogP contribution is -2.56. The third-order valence-electron chi connectivity index (χ3n) is 4.25. The molecule has 1 aliphatic carbocycles. The van der Waals surface area contributed by atoms with Crippen LogP contribution in [0.25, 0.3) is 0 Å². The Morgan fingerprint density at radius 2 is 1.89 bits per heavy atom. The van der Waals surface area contributed by atoms with Crippen LogP contribution in [-0.4, -0.2) is 28.6 Å². The first kappa shape index (κ1) is 16.0. The van der Waals surface area contributed by atoms with Gasteiger partial charge in [-0.3, -0.25) is 9.59 Å². The van der Waals surface area contributed by atoms with Gasteiger partial charge in [0.05, 0.1) is 18.0 Å². The zero-order valence-corrected chi connectivity index (χ0v) is 11.9. The highest BCUT2D eigenvalue weighted by atomic mass is 16.4. The lowest BCUT2D eigenvalue weighted by atomic mass is 9.79. The van der Waals surface area contributed by atoms with Crippen molar-refractivity contribution < 1.29 is 14.7 Å². The van der Waals surface area contributed by atoms with Gasteiger partial charge < -0.3 is 16.2 Å². The number of nitrogens with one attached hydrogen (secondary N) is 1.